The molecule has 1 unspecified atom stereocenters. The average molecular weight is 384 g/mol. The molecule has 2 amide bonds. The molecule has 2 aliphatic carbocycles. The van der Waals surface area contributed by atoms with E-state index in [2.05, 4.69) is 10.7 Å². The van der Waals surface area contributed by atoms with E-state index in [0.717, 1.165) is 44.1 Å². The molecule has 1 aliphatic heterocycles. The fourth-order valence-electron chi connectivity index (χ4n) is 5.11. The smallest absolute Gasteiger partial charge is 0.256 e. The molecule has 0 spiro atoms. The Hall–Kier alpha value is -1.88. The molecule has 1 aromatic carbocycles. The molecule has 28 heavy (non-hydrogen) atoms. The lowest BCUT2D eigenvalue weighted by Crippen LogP contribution is -2.74. The summed E-state index contributed by atoms with van der Waals surface area (Å²) in [5, 5.41) is 4.93. The van der Waals surface area contributed by atoms with Gasteiger partial charge in [0, 0.05) is 6.04 Å². The summed E-state index contributed by atoms with van der Waals surface area (Å²) in [6.07, 6.45) is 12.1. The summed E-state index contributed by atoms with van der Waals surface area (Å²) in [6, 6.07) is 9.79. The zero-order valence-electron chi connectivity index (χ0n) is 16.7. The normalized spacial score (nSPS) is 25.2. The molecule has 2 N–H and O–H groups in total. The Morgan fingerprint density at radius 2 is 1.64 bits per heavy atom. The van der Waals surface area contributed by atoms with Gasteiger partial charge in [-0.1, -0.05) is 68.9 Å². The van der Waals surface area contributed by atoms with Crippen molar-refractivity contribution < 1.29 is 9.59 Å². The number of benzene rings is 1. The lowest BCUT2D eigenvalue weighted by molar-refractivity contribution is -0.165. The summed E-state index contributed by atoms with van der Waals surface area (Å²) in [5.74, 6) is 0.391. The van der Waals surface area contributed by atoms with Gasteiger partial charge >= 0.3 is 0 Å². The van der Waals surface area contributed by atoms with Crippen LogP contribution in [0.15, 0.2) is 30.3 Å². The summed E-state index contributed by atoms with van der Waals surface area (Å²) in [4.78, 5) is 26.1. The first-order valence-electron chi connectivity index (χ1n) is 11.2. The van der Waals surface area contributed by atoms with Gasteiger partial charge in [0.05, 0.1) is 0 Å². The fraction of sp³-hybridized carbons (Fsp3) is 0.652. The van der Waals surface area contributed by atoms with Gasteiger partial charge in [-0.2, -0.15) is 0 Å². The van der Waals surface area contributed by atoms with Gasteiger partial charge in [-0.25, -0.2) is 5.43 Å². The van der Waals surface area contributed by atoms with Gasteiger partial charge in [0.25, 0.3) is 5.91 Å². The SMILES string of the molecule is O=C(NC1CCCCC1)C(C1CCCCC1)N1N[C@H](Cc2ccccc2)C1=O. The number of hydrogen-bond acceptors (Lipinski definition) is 3. The summed E-state index contributed by atoms with van der Waals surface area (Å²) in [7, 11) is 0. The standard InChI is InChI=1S/C23H33N3O2/c27-22(24-19-14-8-3-9-15-19)21(18-12-6-2-7-13-18)26-23(28)20(25-26)16-17-10-4-1-5-11-17/h1,4-5,10-11,18-21,25H,2-3,6-9,12-16H2,(H,24,27)/t20-,21?/m1/s1. The highest BCUT2D eigenvalue weighted by atomic mass is 16.2. The molecular formula is C23H33N3O2. The van der Waals surface area contributed by atoms with E-state index in [9.17, 15) is 9.59 Å². The Morgan fingerprint density at radius 3 is 2.29 bits per heavy atom. The average Bonchev–Trinajstić information content (AvgIpc) is 2.75. The maximum atomic E-state index is 13.2. The predicted octanol–water partition coefficient (Wildman–Crippen LogP) is 3.34. The fourth-order valence-corrected chi connectivity index (χ4v) is 5.11. The third-order valence-electron chi connectivity index (χ3n) is 6.71. The van der Waals surface area contributed by atoms with Crippen molar-refractivity contribution in [2.24, 2.45) is 5.92 Å². The molecular weight excluding hydrogens is 350 g/mol. The van der Waals surface area contributed by atoms with E-state index in [1.807, 2.05) is 30.3 Å². The van der Waals surface area contributed by atoms with Crippen molar-refractivity contribution in [3.05, 3.63) is 35.9 Å². The lowest BCUT2D eigenvalue weighted by atomic mass is 9.82. The molecule has 1 saturated heterocycles. The first-order valence-corrected chi connectivity index (χ1v) is 11.2. The van der Waals surface area contributed by atoms with Crippen LogP contribution >= 0.6 is 0 Å². The zero-order chi connectivity index (χ0) is 19.3. The predicted molar refractivity (Wildman–Crippen MR) is 109 cm³/mol. The number of amides is 2. The van der Waals surface area contributed by atoms with Crippen LogP contribution in [0.5, 0.6) is 0 Å². The number of hydrazine groups is 1. The largest absolute Gasteiger partial charge is 0.352 e. The van der Waals surface area contributed by atoms with E-state index in [4.69, 9.17) is 0 Å². The van der Waals surface area contributed by atoms with Crippen LogP contribution in [0.25, 0.3) is 0 Å². The molecule has 0 bridgehead atoms. The van der Waals surface area contributed by atoms with Crippen LogP contribution < -0.4 is 10.7 Å². The van der Waals surface area contributed by atoms with E-state index < -0.39 is 0 Å². The van der Waals surface area contributed by atoms with Crippen molar-refractivity contribution >= 4 is 11.8 Å². The first kappa shape index (κ1) is 19.4. The number of carbonyl (C=O) groups is 2. The number of hydrogen-bond donors (Lipinski definition) is 2. The maximum Gasteiger partial charge on any atom is 0.256 e. The maximum absolute atomic E-state index is 13.2. The second-order valence-electron chi connectivity index (χ2n) is 8.77. The highest BCUT2D eigenvalue weighted by Crippen LogP contribution is 2.31. The van der Waals surface area contributed by atoms with E-state index in [1.54, 1.807) is 5.01 Å². The van der Waals surface area contributed by atoms with Crippen molar-refractivity contribution in [3.8, 4) is 0 Å². The highest BCUT2D eigenvalue weighted by Gasteiger charge is 2.46. The minimum Gasteiger partial charge on any atom is -0.352 e. The number of rotatable bonds is 6. The summed E-state index contributed by atoms with van der Waals surface area (Å²) in [5.41, 5.74) is 4.46. The zero-order valence-corrected chi connectivity index (χ0v) is 16.7. The van der Waals surface area contributed by atoms with E-state index >= 15 is 0 Å². The molecule has 5 nitrogen and oxygen atoms in total. The van der Waals surface area contributed by atoms with Crippen molar-refractivity contribution in [1.29, 1.82) is 0 Å². The van der Waals surface area contributed by atoms with Gasteiger partial charge in [-0.15, -0.1) is 0 Å². The van der Waals surface area contributed by atoms with Crippen molar-refractivity contribution in [1.82, 2.24) is 15.8 Å². The minimum absolute atomic E-state index is 0.0535. The molecule has 3 fully saturated rings. The van der Waals surface area contributed by atoms with E-state index in [1.165, 1.54) is 25.7 Å². The molecule has 1 heterocycles. The van der Waals surface area contributed by atoms with Gasteiger partial charge in [-0.05, 0) is 43.6 Å². The van der Waals surface area contributed by atoms with Crippen LogP contribution in [0.1, 0.15) is 69.8 Å². The monoisotopic (exact) mass is 383 g/mol. The molecule has 4 rings (SSSR count). The van der Waals surface area contributed by atoms with Gasteiger partial charge < -0.3 is 5.32 Å². The van der Waals surface area contributed by atoms with Crippen LogP contribution in [0, 0.1) is 5.92 Å². The summed E-state index contributed by atoms with van der Waals surface area (Å²) in [6.45, 7) is 0. The molecule has 2 atom stereocenters. The third-order valence-corrected chi connectivity index (χ3v) is 6.71. The second kappa shape index (κ2) is 9.08. The Labute approximate surface area is 168 Å². The highest BCUT2D eigenvalue weighted by molar-refractivity contribution is 5.93. The Bertz CT molecular complexity index is 666. The lowest BCUT2D eigenvalue weighted by Gasteiger charge is -2.47. The van der Waals surface area contributed by atoms with Crippen LogP contribution in [0.3, 0.4) is 0 Å². The van der Waals surface area contributed by atoms with Gasteiger partial charge in [-0.3, -0.25) is 14.6 Å². The van der Waals surface area contributed by atoms with Crippen LogP contribution in [-0.4, -0.2) is 34.9 Å². The summed E-state index contributed by atoms with van der Waals surface area (Å²) < 4.78 is 0. The molecule has 0 radical (unpaired) electrons. The Balaban J connectivity index is 1.41. The first-order chi connectivity index (χ1) is 13.7. The molecule has 1 aromatic rings. The van der Waals surface area contributed by atoms with Gasteiger partial charge in [0.1, 0.15) is 12.1 Å². The van der Waals surface area contributed by atoms with Crippen LogP contribution in [0.2, 0.25) is 0 Å². The quantitative estimate of drug-likeness (QED) is 0.792. The second-order valence-corrected chi connectivity index (χ2v) is 8.77. The van der Waals surface area contributed by atoms with Crippen molar-refractivity contribution in [3.63, 3.8) is 0 Å². The summed E-state index contributed by atoms with van der Waals surface area (Å²) >= 11 is 0. The van der Waals surface area contributed by atoms with Crippen molar-refractivity contribution in [2.75, 3.05) is 0 Å². The van der Waals surface area contributed by atoms with Gasteiger partial charge in [0.2, 0.25) is 5.91 Å². The number of nitrogens with one attached hydrogen (secondary N) is 2. The number of carbonyl (C=O) groups excluding carboxylic acids is 2. The number of nitrogens with zero attached hydrogens (tertiary/aromatic N) is 1. The molecule has 152 valence electrons. The third kappa shape index (κ3) is 4.40. The van der Waals surface area contributed by atoms with Crippen molar-refractivity contribution in [2.45, 2.75) is 88.8 Å². The molecule has 2 saturated carbocycles. The van der Waals surface area contributed by atoms with E-state index in [-0.39, 0.29) is 35.9 Å². The van der Waals surface area contributed by atoms with E-state index in [0.29, 0.717) is 6.42 Å². The van der Waals surface area contributed by atoms with Crippen LogP contribution in [-0.2, 0) is 16.0 Å². The Kier molecular flexibility index (Phi) is 6.30. The topological polar surface area (TPSA) is 61.4 Å². The Morgan fingerprint density at radius 1 is 1.00 bits per heavy atom. The molecule has 5 heteroatoms. The molecule has 0 aromatic heterocycles. The van der Waals surface area contributed by atoms with Crippen LogP contribution in [0.4, 0.5) is 0 Å². The minimum atomic E-state index is -0.359. The van der Waals surface area contributed by atoms with Gasteiger partial charge in [0.15, 0.2) is 0 Å². The molecule has 3 aliphatic rings.